The van der Waals surface area contributed by atoms with Crippen molar-refractivity contribution in [2.24, 2.45) is 5.92 Å². The fraction of sp³-hybridized carbons (Fsp3) is 0.500. The van der Waals surface area contributed by atoms with Crippen molar-refractivity contribution in [1.29, 1.82) is 0 Å². The Labute approximate surface area is 263 Å². The number of fused-ring (bicyclic) bond motifs is 6. The largest absolute Gasteiger partial charge is 0.496 e. The van der Waals surface area contributed by atoms with Gasteiger partial charge in [-0.2, -0.15) is 0 Å². The molecule has 10 nitrogen and oxygen atoms in total. The van der Waals surface area contributed by atoms with Gasteiger partial charge in [0.25, 0.3) is 0 Å². The number of nitrogens with zero attached hydrogens (tertiary/aromatic N) is 2. The molecule has 1 aromatic carbocycles. The van der Waals surface area contributed by atoms with Crippen LogP contribution in [0.1, 0.15) is 87.3 Å². The number of aromatic nitrogens is 1. The summed E-state index contributed by atoms with van der Waals surface area (Å²) in [7, 11) is 0.850. The molecule has 3 amide bonds. The first-order chi connectivity index (χ1) is 21.6. The van der Waals surface area contributed by atoms with Crippen LogP contribution in [0.5, 0.6) is 5.75 Å². The molecule has 238 valence electrons. The maximum absolute atomic E-state index is 13.8. The molecule has 0 radical (unpaired) electrons. The lowest BCUT2D eigenvalue weighted by Crippen LogP contribution is -2.42. The highest BCUT2D eigenvalue weighted by atomic mass is 32.2. The number of benzene rings is 1. The molecule has 7 rings (SSSR count). The highest BCUT2D eigenvalue weighted by Gasteiger charge is 2.53. The summed E-state index contributed by atoms with van der Waals surface area (Å²) in [5.74, 6) is -1.77. The summed E-state index contributed by atoms with van der Waals surface area (Å²) >= 11 is 0. The molecule has 0 saturated heterocycles. The van der Waals surface area contributed by atoms with Gasteiger partial charge in [-0.15, -0.1) is 0 Å². The lowest BCUT2D eigenvalue weighted by molar-refractivity contribution is -0.143. The molecular weight excluding hydrogens is 592 g/mol. The zero-order valence-electron chi connectivity index (χ0n) is 26.0. The highest BCUT2D eigenvalue weighted by Crippen LogP contribution is 2.58. The van der Waals surface area contributed by atoms with E-state index in [9.17, 15) is 22.8 Å². The van der Waals surface area contributed by atoms with Gasteiger partial charge in [0.05, 0.1) is 23.8 Å². The molecule has 1 aliphatic heterocycles. The Morgan fingerprint density at radius 1 is 0.978 bits per heavy atom. The van der Waals surface area contributed by atoms with Crippen molar-refractivity contribution in [3.8, 4) is 5.75 Å². The van der Waals surface area contributed by atoms with Gasteiger partial charge in [-0.25, -0.2) is 8.42 Å². The van der Waals surface area contributed by atoms with Crippen LogP contribution in [0.2, 0.25) is 0 Å². The fourth-order valence-electron chi connectivity index (χ4n) is 7.73. The summed E-state index contributed by atoms with van der Waals surface area (Å²) in [5, 5.41) is 3.26. The van der Waals surface area contributed by atoms with Crippen LogP contribution >= 0.6 is 0 Å². The molecule has 2 unspecified atom stereocenters. The number of nitrogens with one attached hydrogen (secondary N) is 2. The molecule has 0 spiro atoms. The van der Waals surface area contributed by atoms with Gasteiger partial charge in [0, 0.05) is 36.7 Å². The Kier molecular flexibility index (Phi) is 7.42. The molecule has 5 aliphatic rings. The van der Waals surface area contributed by atoms with Crippen molar-refractivity contribution in [3.63, 3.8) is 0 Å². The molecule has 2 N–H and O–H groups in total. The Bertz CT molecular complexity index is 1820. The number of likely N-dealkylation sites (N-methyl/N-ethyl adjacent to an activating group) is 1. The van der Waals surface area contributed by atoms with Gasteiger partial charge in [0.15, 0.2) is 0 Å². The first-order valence-electron chi connectivity index (χ1n) is 16.1. The van der Waals surface area contributed by atoms with Crippen LogP contribution in [0.4, 0.5) is 0 Å². The number of ether oxygens (including phenoxy) is 1. The van der Waals surface area contributed by atoms with Crippen LogP contribution in [-0.4, -0.2) is 62.1 Å². The zero-order valence-corrected chi connectivity index (χ0v) is 26.8. The average molecular weight is 633 g/mol. The second-order valence-corrected chi connectivity index (χ2v) is 15.1. The summed E-state index contributed by atoms with van der Waals surface area (Å²) in [6.07, 6.45) is 13.2. The molecule has 45 heavy (non-hydrogen) atoms. The van der Waals surface area contributed by atoms with Crippen molar-refractivity contribution < 1.29 is 27.5 Å². The van der Waals surface area contributed by atoms with E-state index >= 15 is 0 Å². The SMILES string of the molecule is COc1ccc(C2CCCCC2)c2c1cc1n2C(NC(=O)C(=O)N(C)C)=C2C(=C3C=CCCC31)C2C(=O)NS(=O)(=O)C1CCC1. The third-order valence-corrected chi connectivity index (χ3v) is 12.1. The lowest BCUT2D eigenvalue weighted by atomic mass is 9.83. The van der Waals surface area contributed by atoms with Gasteiger partial charge < -0.3 is 15.0 Å². The van der Waals surface area contributed by atoms with Crippen LogP contribution in [0, 0.1) is 5.92 Å². The van der Waals surface area contributed by atoms with Gasteiger partial charge in [-0.3, -0.25) is 23.7 Å². The minimum absolute atomic E-state index is 0.101. The van der Waals surface area contributed by atoms with E-state index in [0.29, 0.717) is 35.9 Å². The molecule has 2 heterocycles. The van der Waals surface area contributed by atoms with E-state index < -0.39 is 38.9 Å². The number of sulfonamides is 1. The van der Waals surface area contributed by atoms with E-state index in [-0.39, 0.29) is 5.92 Å². The molecule has 11 heteroatoms. The van der Waals surface area contributed by atoms with Gasteiger partial charge >= 0.3 is 11.8 Å². The maximum Gasteiger partial charge on any atom is 0.315 e. The van der Waals surface area contributed by atoms with Crippen molar-refractivity contribution in [2.45, 2.75) is 81.3 Å². The van der Waals surface area contributed by atoms with Crippen LogP contribution < -0.4 is 14.8 Å². The molecule has 1 aromatic heterocycles. The van der Waals surface area contributed by atoms with E-state index in [1.807, 2.05) is 16.7 Å². The summed E-state index contributed by atoms with van der Waals surface area (Å²) in [4.78, 5) is 41.4. The Morgan fingerprint density at radius 2 is 1.73 bits per heavy atom. The number of methoxy groups -OCH3 is 1. The number of hydrogen-bond donors (Lipinski definition) is 2. The monoisotopic (exact) mass is 632 g/mol. The summed E-state index contributed by atoms with van der Waals surface area (Å²) in [6, 6.07) is 6.25. The van der Waals surface area contributed by atoms with Gasteiger partial charge in [-0.1, -0.05) is 43.9 Å². The third-order valence-electron chi connectivity index (χ3n) is 10.3. The topological polar surface area (TPSA) is 127 Å². The number of carbonyl (C=O) groups is 3. The Hall–Kier alpha value is -3.86. The first-order valence-corrected chi connectivity index (χ1v) is 17.6. The van der Waals surface area contributed by atoms with Crippen molar-refractivity contribution >= 4 is 44.5 Å². The smallest absolute Gasteiger partial charge is 0.315 e. The standard InChI is InChI=1S/C34H40N4O6S/c1-37(2)34(41)33(40)35-31-28-27(29(28)32(39)36-45(42,43)20-12-9-13-20)23-15-8-7-14-22(23)25-18-24-26(44-3)17-16-21(30(24)38(25)31)19-10-5-4-6-11-19/h8,15-20,22,29H,4-7,9-14H2,1-3H3,(H,35,40)(H,36,39). The van der Waals surface area contributed by atoms with Crippen molar-refractivity contribution in [2.75, 3.05) is 21.2 Å². The number of allylic oxidation sites excluding steroid dienone is 3. The van der Waals surface area contributed by atoms with Gasteiger partial charge in [-0.05, 0) is 73.3 Å². The van der Waals surface area contributed by atoms with Crippen LogP contribution in [-0.2, 0) is 24.4 Å². The predicted molar refractivity (Wildman–Crippen MR) is 171 cm³/mol. The molecule has 3 fully saturated rings. The summed E-state index contributed by atoms with van der Waals surface area (Å²) < 4.78 is 36.3. The quantitative estimate of drug-likeness (QED) is 0.454. The normalized spacial score (nSPS) is 23.0. The molecule has 0 bridgehead atoms. The first kappa shape index (κ1) is 29.8. The van der Waals surface area contributed by atoms with E-state index in [4.69, 9.17) is 4.74 Å². The highest BCUT2D eigenvalue weighted by molar-refractivity contribution is 7.90. The molecule has 2 atom stereocenters. The number of carbonyl (C=O) groups excluding carboxylic acids is 3. The van der Waals surface area contributed by atoms with Crippen LogP contribution in [0.3, 0.4) is 0 Å². The lowest BCUT2D eigenvalue weighted by Gasteiger charge is -2.27. The van der Waals surface area contributed by atoms with Crippen molar-refractivity contribution in [1.82, 2.24) is 19.5 Å². The molecular formula is C34H40N4O6S. The average Bonchev–Trinajstić information content (AvgIpc) is 3.64. The van der Waals surface area contributed by atoms with Crippen LogP contribution in [0.15, 0.2) is 47.1 Å². The maximum atomic E-state index is 13.8. The van der Waals surface area contributed by atoms with E-state index in [0.717, 1.165) is 78.3 Å². The fourth-order valence-corrected chi connectivity index (χ4v) is 9.25. The number of amides is 3. The van der Waals surface area contributed by atoms with Gasteiger partial charge in [0.2, 0.25) is 15.9 Å². The molecule has 2 aromatic rings. The van der Waals surface area contributed by atoms with E-state index in [1.165, 1.54) is 25.4 Å². The number of rotatable bonds is 6. The van der Waals surface area contributed by atoms with Crippen molar-refractivity contribution in [3.05, 3.63) is 58.3 Å². The Balaban J connectivity index is 1.47. The third kappa shape index (κ3) is 4.90. The summed E-state index contributed by atoms with van der Waals surface area (Å²) in [6.45, 7) is 0. The summed E-state index contributed by atoms with van der Waals surface area (Å²) in [5.41, 5.74) is 5.23. The van der Waals surface area contributed by atoms with E-state index in [2.05, 4.69) is 28.2 Å². The molecule has 3 saturated carbocycles. The Morgan fingerprint density at radius 3 is 2.40 bits per heavy atom. The predicted octanol–water partition coefficient (Wildman–Crippen LogP) is 4.44. The number of hydrogen-bond acceptors (Lipinski definition) is 6. The second kappa shape index (κ2) is 11.2. The molecule has 4 aliphatic carbocycles. The zero-order chi connectivity index (χ0) is 31.6. The van der Waals surface area contributed by atoms with Crippen LogP contribution in [0.25, 0.3) is 16.7 Å². The van der Waals surface area contributed by atoms with E-state index in [1.54, 1.807) is 7.11 Å². The second-order valence-electron chi connectivity index (χ2n) is 13.2. The van der Waals surface area contributed by atoms with Gasteiger partial charge in [0.1, 0.15) is 11.6 Å². The minimum Gasteiger partial charge on any atom is -0.496 e. The minimum atomic E-state index is -3.82.